The molecule has 30 heavy (non-hydrogen) atoms. The summed E-state index contributed by atoms with van der Waals surface area (Å²) in [7, 11) is 0. The molecule has 0 amide bonds. The van der Waals surface area contributed by atoms with Crippen LogP contribution in [-0.4, -0.2) is 0 Å². The Bertz CT molecular complexity index is 755. The van der Waals surface area contributed by atoms with Crippen LogP contribution >= 0.6 is 0 Å². The smallest absolute Gasteiger partial charge is 0.00233 e. The van der Waals surface area contributed by atoms with Crippen LogP contribution in [0, 0.1) is 58.2 Å². The van der Waals surface area contributed by atoms with Crippen LogP contribution in [0.4, 0.5) is 0 Å². The van der Waals surface area contributed by atoms with Crippen molar-refractivity contribution in [3.63, 3.8) is 0 Å². The lowest BCUT2D eigenvalue weighted by Gasteiger charge is -2.57. The standard InChI is InChI=1S/C30H46/c1-7-9-23-16-18-29(5)24(20-23)12-13-25-27-15-14-26(22(4)11-8-10-21(2)3)30(27,6)19-17-28(25)29/h12,20-22,25-28H,8,10-11,13-19H2,1-6H3. The molecule has 4 rings (SSSR count). The van der Waals surface area contributed by atoms with Crippen molar-refractivity contribution in [1.29, 1.82) is 0 Å². The maximum Gasteiger partial charge on any atom is 0.00233 e. The molecule has 0 spiro atoms. The molecule has 166 valence electrons. The number of hydrogen-bond acceptors (Lipinski definition) is 0. The van der Waals surface area contributed by atoms with E-state index in [0.717, 1.165) is 35.5 Å². The Morgan fingerprint density at radius 2 is 1.83 bits per heavy atom. The first-order valence-corrected chi connectivity index (χ1v) is 13.1. The molecule has 0 N–H and O–H groups in total. The molecule has 0 heterocycles. The fourth-order valence-corrected chi connectivity index (χ4v) is 8.61. The van der Waals surface area contributed by atoms with Gasteiger partial charge in [0.1, 0.15) is 0 Å². The fraction of sp³-hybridized carbons (Fsp3) is 0.800. The van der Waals surface area contributed by atoms with Gasteiger partial charge >= 0.3 is 0 Å². The Labute approximate surface area is 187 Å². The first-order valence-electron chi connectivity index (χ1n) is 13.1. The Hall–Kier alpha value is -0.960. The largest absolute Gasteiger partial charge is 0.102 e. The van der Waals surface area contributed by atoms with Crippen LogP contribution < -0.4 is 0 Å². The molecule has 0 aromatic rings. The Morgan fingerprint density at radius 3 is 2.57 bits per heavy atom. The van der Waals surface area contributed by atoms with E-state index in [0.29, 0.717) is 10.8 Å². The van der Waals surface area contributed by atoms with Gasteiger partial charge in [0, 0.05) is 5.57 Å². The highest BCUT2D eigenvalue weighted by Gasteiger charge is 2.58. The van der Waals surface area contributed by atoms with E-state index in [1.54, 1.807) is 5.57 Å². The van der Waals surface area contributed by atoms with E-state index in [9.17, 15) is 0 Å². The van der Waals surface area contributed by atoms with E-state index in [4.69, 9.17) is 0 Å². The molecule has 4 aliphatic carbocycles. The van der Waals surface area contributed by atoms with Crippen LogP contribution in [0.5, 0.6) is 0 Å². The number of hydrogen-bond donors (Lipinski definition) is 0. The molecule has 0 aromatic carbocycles. The lowest BCUT2D eigenvalue weighted by atomic mass is 9.47. The van der Waals surface area contributed by atoms with Gasteiger partial charge in [-0.3, -0.25) is 0 Å². The quantitative estimate of drug-likeness (QED) is 0.401. The summed E-state index contributed by atoms with van der Waals surface area (Å²) in [5.74, 6) is 12.0. The van der Waals surface area contributed by atoms with Gasteiger partial charge in [0.05, 0.1) is 0 Å². The second kappa shape index (κ2) is 8.52. The highest BCUT2D eigenvalue weighted by molar-refractivity contribution is 5.43. The lowest BCUT2D eigenvalue weighted by Crippen LogP contribution is -2.49. The lowest BCUT2D eigenvalue weighted by molar-refractivity contribution is -0.0453. The third-order valence-electron chi connectivity index (χ3n) is 10.3. The van der Waals surface area contributed by atoms with Crippen LogP contribution in [0.1, 0.15) is 106 Å². The molecule has 0 aliphatic heterocycles. The van der Waals surface area contributed by atoms with Crippen molar-refractivity contribution in [2.75, 3.05) is 0 Å². The molecule has 2 saturated carbocycles. The third-order valence-corrected chi connectivity index (χ3v) is 10.3. The average molecular weight is 407 g/mol. The molecule has 0 radical (unpaired) electrons. The van der Waals surface area contributed by atoms with Gasteiger partial charge in [-0.2, -0.15) is 0 Å². The van der Waals surface area contributed by atoms with Crippen molar-refractivity contribution < 1.29 is 0 Å². The first-order chi connectivity index (χ1) is 14.3. The summed E-state index contributed by atoms with van der Waals surface area (Å²) < 4.78 is 0. The summed E-state index contributed by atoms with van der Waals surface area (Å²) in [6, 6.07) is 0. The zero-order valence-corrected chi connectivity index (χ0v) is 20.7. The minimum Gasteiger partial charge on any atom is -0.102 e. The minimum absolute atomic E-state index is 0.407. The second-order valence-corrected chi connectivity index (χ2v) is 12.3. The zero-order valence-electron chi connectivity index (χ0n) is 20.7. The maximum atomic E-state index is 3.36. The minimum atomic E-state index is 0.407. The number of fused-ring (bicyclic) bond motifs is 5. The summed E-state index contributed by atoms with van der Waals surface area (Å²) in [5.41, 5.74) is 4.01. The van der Waals surface area contributed by atoms with Gasteiger partial charge < -0.3 is 0 Å². The Kier molecular flexibility index (Phi) is 6.32. The van der Waals surface area contributed by atoms with E-state index < -0.39 is 0 Å². The van der Waals surface area contributed by atoms with Gasteiger partial charge in [-0.15, -0.1) is 5.92 Å². The molecule has 7 atom stereocenters. The molecular weight excluding hydrogens is 360 g/mol. The van der Waals surface area contributed by atoms with Crippen molar-refractivity contribution in [3.05, 3.63) is 23.3 Å². The van der Waals surface area contributed by atoms with Crippen LogP contribution in [0.3, 0.4) is 0 Å². The molecule has 0 aromatic heterocycles. The van der Waals surface area contributed by atoms with E-state index in [-0.39, 0.29) is 0 Å². The summed E-state index contributed by atoms with van der Waals surface area (Å²) in [4.78, 5) is 0. The zero-order chi connectivity index (χ0) is 21.5. The van der Waals surface area contributed by atoms with Crippen LogP contribution in [0.25, 0.3) is 0 Å². The van der Waals surface area contributed by atoms with E-state index in [1.165, 1.54) is 69.8 Å². The van der Waals surface area contributed by atoms with Crippen molar-refractivity contribution >= 4 is 0 Å². The van der Waals surface area contributed by atoms with E-state index in [1.807, 2.05) is 6.92 Å². The maximum absolute atomic E-state index is 3.36. The molecule has 0 nitrogen and oxygen atoms in total. The highest BCUT2D eigenvalue weighted by atomic mass is 14.6. The summed E-state index contributed by atoms with van der Waals surface area (Å²) >= 11 is 0. The Balaban J connectivity index is 1.51. The van der Waals surface area contributed by atoms with Crippen molar-refractivity contribution in [2.45, 2.75) is 106 Å². The van der Waals surface area contributed by atoms with E-state index in [2.05, 4.69) is 58.6 Å². The van der Waals surface area contributed by atoms with Gasteiger partial charge in [-0.05, 0) is 110 Å². The first kappa shape index (κ1) is 22.2. The van der Waals surface area contributed by atoms with Crippen LogP contribution in [0.15, 0.2) is 23.3 Å². The van der Waals surface area contributed by atoms with Crippen molar-refractivity contribution in [1.82, 2.24) is 0 Å². The summed E-state index contributed by atoms with van der Waals surface area (Å²) in [5, 5.41) is 0. The molecule has 2 fully saturated rings. The second-order valence-electron chi connectivity index (χ2n) is 12.3. The molecule has 7 unspecified atom stereocenters. The summed E-state index contributed by atoms with van der Waals surface area (Å²) in [6.45, 7) is 14.6. The topological polar surface area (TPSA) is 0 Å². The average Bonchev–Trinajstić information content (AvgIpc) is 3.05. The fourth-order valence-electron chi connectivity index (χ4n) is 8.61. The number of rotatable bonds is 5. The molecule has 4 aliphatic rings. The van der Waals surface area contributed by atoms with Gasteiger partial charge in [-0.25, -0.2) is 0 Å². The normalized spacial score (nSPS) is 41.0. The van der Waals surface area contributed by atoms with E-state index >= 15 is 0 Å². The predicted octanol–water partition coefficient (Wildman–Crippen LogP) is 8.59. The third kappa shape index (κ3) is 3.74. The predicted molar refractivity (Wildman–Crippen MR) is 130 cm³/mol. The molecule has 0 heteroatoms. The Morgan fingerprint density at radius 1 is 1.03 bits per heavy atom. The van der Waals surface area contributed by atoms with Gasteiger partial charge in [0.15, 0.2) is 0 Å². The SMILES string of the molecule is CC#CC1=CC2=CCC3C(CCC4(C)C(C(C)CCCC(C)C)CCC34)C2(C)CC1. The molecule has 0 saturated heterocycles. The van der Waals surface area contributed by atoms with Gasteiger partial charge in [0.25, 0.3) is 0 Å². The highest BCUT2D eigenvalue weighted by Crippen LogP contribution is 2.67. The number of allylic oxidation sites excluding steroid dienone is 4. The van der Waals surface area contributed by atoms with Crippen LogP contribution in [-0.2, 0) is 0 Å². The molecule has 0 bridgehead atoms. The summed E-state index contributed by atoms with van der Waals surface area (Å²) in [6.07, 6.45) is 19.2. The monoisotopic (exact) mass is 406 g/mol. The van der Waals surface area contributed by atoms with Gasteiger partial charge in [-0.1, -0.05) is 65.9 Å². The van der Waals surface area contributed by atoms with Crippen molar-refractivity contribution in [3.8, 4) is 11.8 Å². The van der Waals surface area contributed by atoms with Crippen molar-refractivity contribution in [2.24, 2.45) is 46.3 Å². The van der Waals surface area contributed by atoms with Gasteiger partial charge in [0.2, 0.25) is 0 Å². The molecular formula is C30H46. The van der Waals surface area contributed by atoms with Crippen LogP contribution in [0.2, 0.25) is 0 Å².